The van der Waals surface area contributed by atoms with E-state index in [0.717, 1.165) is 5.56 Å². The Bertz CT molecular complexity index is 794. The van der Waals surface area contributed by atoms with Gasteiger partial charge in [0.2, 0.25) is 0 Å². The second kappa shape index (κ2) is 8.39. The van der Waals surface area contributed by atoms with Crippen molar-refractivity contribution < 1.29 is 14.1 Å². The molecule has 0 saturated heterocycles. The van der Waals surface area contributed by atoms with Crippen molar-refractivity contribution in [2.45, 2.75) is 13.0 Å². The van der Waals surface area contributed by atoms with Crippen LogP contribution < -0.4 is 10.6 Å². The number of nitrogens with one attached hydrogen (secondary N) is 2. The van der Waals surface area contributed by atoms with Gasteiger partial charge in [0.1, 0.15) is 5.82 Å². The molecule has 1 atom stereocenters. The van der Waals surface area contributed by atoms with Crippen molar-refractivity contribution in [2.24, 2.45) is 0 Å². The number of rotatable bonds is 6. The molecule has 7 nitrogen and oxygen atoms in total. The second-order valence-corrected chi connectivity index (χ2v) is 6.12. The fourth-order valence-electron chi connectivity index (χ4n) is 2.53. The number of likely N-dealkylation sites (N-methyl/N-ethyl adjacent to an activating group) is 1. The zero-order valence-corrected chi connectivity index (χ0v) is 14.8. The van der Waals surface area contributed by atoms with E-state index in [1.807, 2.05) is 19.0 Å². The number of anilines is 1. The van der Waals surface area contributed by atoms with Crippen LogP contribution in [-0.2, 0) is 0 Å². The van der Waals surface area contributed by atoms with Gasteiger partial charge in [-0.2, -0.15) is 0 Å². The summed E-state index contributed by atoms with van der Waals surface area (Å²) in [6.07, 6.45) is 0. The van der Waals surface area contributed by atoms with Crippen LogP contribution in [0.3, 0.4) is 0 Å². The number of carbonyl (C=O) groups is 1. The molecule has 0 aliphatic carbocycles. The molecule has 2 aromatic carbocycles. The third-order valence-corrected chi connectivity index (χ3v) is 4.00. The molecule has 0 aliphatic heterocycles. The Morgan fingerprint density at radius 2 is 1.88 bits per heavy atom. The molecule has 2 N–H and O–H groups in total. The van der Waals surface area contributed by atoms with E-state index >= 15 is 0 Å². The molecule has 2 rings (SSSR count). The van der Waals surface area contributed by atoms with Gasteiger partial charge in [-0.1, -0.05) is 18.2 Å². The van der Waals surface area contributed by atoms with Gasteiger partial charge in [0, 0.05) is 23.9 Å². The third kappa shape index (κ3) is 5.00. The van der Waals surface area contributed by atoms with E-state index in [-0.39, 0.29) is 17.5 Å². The zero-order chi connectivity index (χ0) is 19.3. The minimum atomic E-state index is -0.491. The third-order valence-electron chi connectivity index (χ3n) is 4.00. The van der Waals surface area contributed by atoms with Crippen LogP contribution in [0.5, 0.6) is 0 Å². The molecule has 0 bridgehead atoms. The average Bonchev–Trinajstić information content (AvgIpc) is 2.58. The minimum absolute atomic E-state index is 0.0553. The van der Waals surface area contributed by atoms with Crippen LogP contribution in [0.2, 0.25) is 0 Å². The van der Waals surface area contributed by atoms with Gasteiger partial charge in [0.05, 0.1) is 11.0 Å². The predicted molar refractivity (Wildman–Crippen MR) is 97.7 cm³/mol. The Morgan fingerprint density at radius 1 is 1.23 bits per heavy atom. The van der Waals surface area contributed by atoms with E-state index in [9.17, 15) is 19.3 Å². The first-order valence-electron chi connectivity index (χ1n) is 7.99. The molecule has 1 unspecified atom stereocenters. The quantitative estimate of drug-likeness (QED) is 0.610. The van der Waals surface area contributed by atoms with Gasteiger partial charge >= 0.3 is 6.03 Å². The van der Waals surface area contributed by atoms with Crippen LogP contribution in [0.15, 0.2) is 42.5 Å². The summed E-state index contributed by atoms with van der Waals surface area (Å²) in [5.74, 6) is -0.321. The van der Waals surface area contributed by atoms with Crippen molar-refractivity contribution in [1.29, 1.82) is 0 Å². The summed E-state index contributed by atoms with van der Waals surface area (Å²) < 4.78 is 13.1. The van der Waals surface area contributed by atoms with Crippen molar-refractivity contribution in [3.05, 3.63) is 69.5 Å². The molecule has 0 fully saturated rings. The predicted octanol–water partition coefficient (Wildman–Crippen LogP) is 3.47. The van der Waals surface area contributed by atoms with E-state index in [1.54, 1.807) is 31.2 Å². The molecule has 0 aromatic heterocycles. The van der Waals surface area contributed by atoms with Gasteiger partial charge in [-0.05, 0) is 44.8 Å². The van der Waals surface area contributed by atoms with E-state index in [4.69, 9.17) is 0 Å². The molecule has 2 amide bonds. The molecule has 0 heterocycles. The summed E-state index contributed by atoms with van der Waals surface area (Å²) in [5.41, 5.74) is 1.66. The highest BCUT2D eigenvalue weighted by atomic mass is 19.1. The second-order valence-electron chi connectivity index (χ2n) is 6.12. The number of aryl methyl sites for hydroxylation is 1. The fraction of sp³-hybridized carbons (Fsp3) is 0.278. The Labute approximate surface area is 151 Å². The van der Waals surface area contributed by atoms with Gasteiger partial charge in [-0.15, -0.1) is 0 Å². The highest BCUT2D eigenvalue weighted by Gasteiger charge is 2.16. The van der Waals surface area contributed by atoms with Gasteiger partial charge in [-0.3, -0.25) is 10.1 Å². The van der Waals surface area contributed by atoms with Crippen molar-refractivity contribution >= 4 is 17.4 Å². The summed E-state index contributed by atoms with van der Waals surface area (Å²) >= 11 is 0. The number of nitro benzene ring substituents is 1. The molecule has 8 heteroatoms. The number of amides is 2. The molecule has 0 aliphatic rings. The van der Waals surface area contributed by atoms with Crippen LogP contribution >= 0.6 is 0 Å². The maximum absolute atomic E-state index is 13.1. The smallest absolute Gasteiger partial charge is 0.319 e. The lowest BCUT2D eigenvalue weighted by atomic mass is 10.1. The van der Waals surface area contributed by atoms with Gasteiger partial charge < -0.3 is 15.5 Å². The standard InChI is InChI=1S/C18H21FN4O3/c1-12-4-9-15(10-16(12)23(25)26)21-18(24)20-11-17(22(2)3)13-5-7-14(19)8-6-13/h4-10,17H,11H2,1-3H3,(H2,20,21,24). The molecule has 0 saturated carbocycles. The number of hydrogen-bond donors (Lipinski definition) is 2. The molecule has 2 aromatic rings. The highest BCUT2D eigenvalue weighted by molar-refractivity contribution is 5.89. The Hall–Kier alpha value is -3.00. The summed E-state index contributed by atoms with van der Waals surface area (Å²) in [6, 6.07) is 9.96. The lowest BCUT2D eigenvalue weighted by molar-refractivity contribution is -0.385. The van der Waals surface area contributed by atoms with Gasteiger partial charge in [0.25, 0.3) is 5.69 Å². The summed E-state index contributed by atoms with van der Waals surface area (Å²) in [5, 5.41) is 16.3. The number of halogens is 1. The maximum atomic E-state index is 13.1. The Kier molecular flexibility index (Phi) is 6.24. The monoisotopic (exact) mass is 360 g/mol. The van der Waals surface area contributed by atoms with Crippen LogP contribution in [0, 0.1) is 22.9 Å². The fourth-order valence-corrected chi connectivity index (χ4v) is 2.53. The van der Waals surface area contributed by atoms with E-state index in [2.05, 4.69) is 10.6 Å². The largest absolute Gasteiger partial charge is 0.336 e. The number of nitro groups is 1. The number of urea groups is 1. The van der Waals surface area contributed by atoms with Crippen molar-refractivity contribution in [3.8, 4) is 0 Å². The number of benzene rings is 2. The van der Waals surface area contributed by atoms with Crippen molar-refractivity contribution in [1.82, 2.24) is 10.2 Å². The van der Waals surface area contributed by atoms with E-state index < -0.39 is 11.0 Å². The summed E-state index contributed by atoms with van der Waals surface area (Å²) in [4.78, 5) is 24.5. The summed E-state index contributed by atoms with van der Waals surface area (Å²) in [7, 11) is 3.72. The molecular formula is C18H21FN4O3. The zero-order valence-electron chi connectivity index (χ0n) is 14.8. The molecular weight excluding hydrogens is 339 g/mol. The lowest BCUT2D eigenvalue weighted by Crippen LogP contribution is -2.36. The van der Waals surface area contributed by atoms with Crippen LogP contribution in [0.1, 0.15) is 17.2 Å². The Balaban J connectivity index is 2.01. The van der Waals surface area contributed by atoms with Crippen LogP contribution in [0.25, 0.3) is 0 Å². The van der Waals surface area contributed by atoms with Gasteiger partial charge in [0.15, 0.2) is 0 Å². The van der Waals surface area contributed by atoms with E-state index in [1.165, 1.54) is 18.2 Å². The van der Waals surface area contributed by atoms with Crippen LogP contribution in [0.4, 0.5) is 20.6 Å². The Morgan fingerprint density at radius 3 is 2.46 bits per heavy atom. The lowest BCUT2D eigenvalue weighted by Gasteiger charge is -2.25. The maximum Gasteiger partial charge on any atom is 0.319 e. The molecule has 0 radical (unpaired) electrons. The summed E-state index contributed by atoms with van der Waals surface area (Å²) in [6.45, 7) is 1.92. The molecule has 138 valence electrons. The highest BCUT2D eigenvalue weighted by Crippen LogP contribution is 2.22. The SMILES string of the molecule is Cc1ccc(NC(=O)NCC(c2ccc(F)cc2)N(C)C)cc1[N+](=O)[O-]. The number of carbonyl (C=O) groups excluding carboxylic acids is 1. The first-order chi connectivity index (χ1) is 12.3. The van der Waals surface area contributed by atoms with E-state index in [0.29, 0.717) is 17.8 Å². The number of hydrogen-bond acceptors (Lipinski definition) is 4. The van der Waals surface area contributed by atoms with Gasteiger partial charge in [-0.25, -0.2) is 9.18 Å². The molecule has 26 heavy (non-hydrogen) atoms. The average molecular weight is 360 g/mol. The van der Waals surface area contributed by atoms with Crippen LogP contribution in [-0.4, -0.2) is 36.5 Å². The normalized spacial score (nSPS) is 11.9. The minimum Gasteiger partial charge on any atom is -0.336 e. The molecule has 0 spiro atoms. The topological polar surface area (TPSA) is 87.5 Å². The first-order valence-corrected chi connectivity index (χ1v) is 7.99. The van der Waals surface area contributed by atoms with Crippen molar-refractivity contribution in [3.63, 3.8) is 0 Å². The first kappa shape index (κ1) is 19.3. The number of nitrogens with zero attached hydrogens (tertiary/aromatic N) is 2. The van der Waals surface area contributed by atoms with Crippen molar-refractivity contribution in [2.75, 3.05) is 26.0 Å².